The fraction of sp³-hybridized carbons (Fsp3) is 0.333. The average Bonchev–Trinajstić information content (AvgIpc) is 3.12. The summed E-state index contributed by atoms with van der Waals surface area (Å²) in [5.74, 6) is -1.15. The zero-order chi connectivity index (χ0) is 23.3. The molecular formula is C27H29NO2S. The van der Waals surface area contributed by atoms with Crippen LogP contribution >= 0.6 is 0 Å². The van der Waals surface area contributed by atoms with Gasteiger partial charge in [0.05, 0.1) is 4.90 Å². The number of benzene rings is 3. The Labute approximate surface area is 188 Å². The van der Waals surface area contributed by atoms with Crippen LogP contribution in [0.4, 0.5) is 0 Å². The van der Waals surface area contributed by atoms with E-state index in [2.05, 4.69) is 0 Å². The number of rotatable bonds is 4. The summed E-state index contributed by atoms with van der Waals surface area (Å²) in [6.45, 7) is 2.08. The van der Waals surface area contributed by atoms with Gasteiger partial charge in [-0.25, -0.2) is 8.42 Å². The lowest BCUT2D eigenvalue weighted by Crippen LogP contribution is -2.39. The molecular weight excluding hydrogens is 402 g/mol. The molecule has 160 valence electrons. The van der Waals surface area contributed by atoms with E-state index in [1.807, 2.05) is 67.6 Å². The van der Waals surface area contributed by atoms with E-state index in [-0.39, 0.29) is 11.4 Å². The third-order valence-electron chi connectivity index (χ3n) is 6.81. The molecule has 5 rings (SSSR count). The van der Waals surface area contributed by atoms with Crippen molar-refractivity contribution >= 4 is 10.0 Å². The van der Waals surface area contributed by atoms with E-state index in [0.29, 0.717) is 12.8 Å². The van der Waals surface area contributed by atoms with E-state index in [1.54, 1.807) is 24.3 Å². The van der Waals surface area contributed by atoms with E-state index in [4.69, 9.17) is 1.37 Å². The lowest BCUT2D eigenvalue weighted by Gasteiger charge is -2.39. The molecule has 0 spiro atoms. The predicted octanol–water partition coefficient (Wildman–Crippen LogP) is 5.54. The normalized spacial score (nSPS) is 29.1. The maximum atomic E-state index is 14.0. The molecule has 4 heteroatoms. The first-order valence-corrected chi connectivity index (χ1v) is 12.4. The molecule has 0 aromatic heterocycles. The second-order valence-electron chi connectivity index (χ2n) is 8.60. The van der Waals surface area contributed by atoms with E-state index in [1.165, 1.54) is 4.31 Å². The Balaban J connectivity index is 1.77. The maximum Gasteiger partial charge on any atom is 0.243 e. The Bertz CT molecular complexity index is 1190. The topological polar surface area (TPSA) is 37.4 Å². The van der Waals surface area contributed by atoms with Crippen LogP contribution in [0.2, 0.25) is 0 Å². The highest BCUT2D eigenvalue weighted by molar-refractivity contribution is 7.89. The highest BCUT2D eigenvalue weighted by Gasteiger charge is 2.57. The van der Waals surface area contributed by atoms with Crippen molar-refractivity contribution in [1.29, 1.82) is 0 Å². The third-order valence-corrected chi connectivity index (χ3v) is 8.65. The molecule has 0 amide bonds. The number of aryl methyl sites for hydroxylation is 1. The molecule has 1 heterocycles. The summed E-state index contributed by atoms with van der Waals surface area (Å²) in [5.41, 5.74) is 2.00. The van der Waals surface area contributed by atoms with Crippen LogP contribution in [0.25, 0.3) is 0 Å². The smallest absolute Gasteiger partial charge is 0.207 e. The molecule has 0 N–H and O–H groups in total. The van der Waals surface area contributed by atoms with Crippen molar-refractivity contribution in [3.8, 4) is 0 Å². The molecule has 0 radical (unpaired) electrons. The van der Waals surface area contributed by atoms with Gasteiger partial charge in [0, 0.05) is 20.7 Å². The van der Waals surface area contributed by atoms with Crippen molar-refractivity contribution in [1.82, 2.24) is 4.31 Å². The summed E-state index contributed by atoms with van der Waals surface area (Å²) in [6.07, 6.45) is 1.25. The first kappa shape index (κ1) is 18.2. The summed E-state index contributed by atoms with van der Waals surface area (Å²) < 4.78 is 48.3. The van der Waals surface area contributed by atoms with Crippen LogP contribution in [0.15, 0.2) is 89.8 Å². The third kappa shape index (κ3) is 3.33. The summed E-state index contributed by atoms with van der Waals surface area (Å²) in [4.78, 5) is 0.227. The zero-order valence-corrected chi connectivity index (χ0v) is 18.6. The lowest BCUT2D eigenvalue weighted by atomic mass is 9.63. The molecule has 1 saturated carbocycles. The molecule has 3 atom stereocenters. The van der Waals surface area contributed by atoms with Gasteiger partial charge in [-0.05, 0) is 48.9 Å². The van der Waals surface area contributed by atoms with Crippen LogP contribution < -0.4 is 0 Å². The minimum absolute atomic E-state index is 0.154. The van der Waals surface area contributed by atoms with Gasteiger partial charge in [0.25, 0.3) is 0 Å². The van der Waals surface area contributed by atoms with Crippen LogP contribution in [-0.2, 0) is 15.4 Å². The minimum atomic E-state index is -3.89. The fourth-order valence-electron chi connectivity index (χ4n) is 5.29. The standard InChI is InChI=1S/C27H29NO2S/c1-21-16-18-24(19-17-21)31(29,30)28-20-27(22-10-4-2-5-11-22,23-12-6-3-7-13-23)25-14-8-9-15-26(25)28/h2-7,10-13,16-19,25-26H,8-9,14-15,20H2,1H3/t25-,26+/m1/s1/i15D,25D/t15-,25+,26-/m0. The zero-order valence-electron chi connectivity index (χ0n) is 19.7. The Hall–Kier alpha value is -2.43. The molecule has 3 nitrogen and oxygen atoms in total. The Morgan fingerprint density at radius 3 is 2.06 bits per heavy atom. The van der Waals surface area contributed by atoms with Crippen LogP contribution in [0, 0.1) is 12.8 Å². The molecule has 2 fully saturated rings. The monoisotopic (exact) mass is 433 g/mol. The second kappa shape index (κ2) is 7.92. The van der Waals surface area contributed by atoms with E-state index >= 15 is 0 Å². The molecule has 2 aliphatic rings. The van der Waals surface area contributed by atoms with Crippen molar-refractivity contribution in [2.75, 3.05) is 6.54 Å². The van der Waals surface area contributed by atoms with E-state index in [9.17, 15) is 9.79 Å². The summed E-state index contributed by atoms with van der Waals surface area (Å²) in [7, 11) is -3.89. The minimum Gasteiger partial charge on any atom is -0.207 e. The lowest BCUT2D eigenvalue weighted by molar-refractivity contribution is 0.236. The fourth-order valence-corrected chi connectivity index (χ4v) is 6.92. The van der Waals surface area contributed by atoms with Crippen molar-refractivity contribution in [3.63, 3.8) is 0 Å². The number of hydrogen-bond acceptors (Lipinski definition) is 2. The van der Waals surface area contributed by atoms with E-state index in [0.717, 1.165) is 23.1 Å². The van der Waals surface area contributed by atoms with Gasteiger partial charge in [-0.2, -0.15) is 4.31 Å². The largest absolute Gasteiger partial charge is 0.243 e. The quantitative estimate of drug-likeness (QED) is 0.541. The van der Waals surface area contributed by atoms with Crippen LogP contribution in [0.1, 0.15) is 45.1 Å². The first-order valence-electron chi connectivity index (χ1n) is 12.0. The number of fused-ring (bicyclic) bond motifs is 1. The van der Waals surface area contributed by atoms with Gasteiger partial charge in [-0.15, -0.1) is 0 Å². The highest BCUT2D eigenvalue weighted by atomic mass is 32.2. The second-order valence-corrected chi connectivity index (χ2v) is 10.5. The Morgan fingerprint density at radius 1 is 0.903 bits per heavy atom. The van der Waals surface area contributed by atoms with Crippen molar-refractivity contribution in [2.45, 2.75) is 48.9 Å². The first-order chi connectivity index (χ1) is 15.8. The molecule has 1 aliphatic heterocycles. The highest BCUT2D eigenvalue weighted by Crippen LogP contribution is 2.54. The number of nitrogens with zero attached hydrogens (tertiary/aromatic N) is 1. The molecule has 3 aromatic carbocycles. The van der Waals surface area contributed by atoms with E-state index < -0.39 is 33.8 Å². The molecule has 1 saturated heterocycles. The van der Waals surface area contributed by atoms with Gasteiger partial charge in [0.15, 0.2) is 0 Å². The average molecular weight is 434 g/mol. The SMILES string of the molecule is [2H][C@H]1CCC[C@]2([2H])[C@H]1N(S(=O)(=O)c1ccc(C)cc1)CC2(c1ccccc1)c1ccccc1. The molecule has 3 aromatic rings. The van der Waals surface area contributed by atoms with Gasteiger partial charge < -0.3 is 0 Å². The summed E-state index contributed by atoms with van der Waals surface area (Å²) >= 11 is 0. The summed E-state index contributed by atoms with van der Waals surface area (Å²) in [6, 6.07) is 25.9. The van der Waals surface area contributed by atoms with Gasteiger partial charge >= 0.3 is 0 Å². The summed E-state index contributed by atoms with van der Waals surface area (Å²) in [5, 5.41) is 0. The molecule has 1 aliphatic carbocycles. The van der Waals surface area contributed by atoms with Crippen LogP contribution in [0.5, 0.6) is 0 Å². The molecule has 0 bridgehead atoms. The van der Waals surface area contributed by atoms with Crippen LogP contribution in [0.3, 0.4) is 0 Å². The molecule has 0 unspecified atom stereocenters. The van der Waals surface area contributed by atoms with Crippen LogP contribution in [-0.4, -0.2) is 25.3 Å². The van der Waals surface area contributed by atoms with Gasteiger partial charge in [-0.3, -0.25) is 0 Å². The van der Waals surface area contributed by atoms with Crippen molar-refractivity contribution in [3.05, 3.63) is 102 Å². The predicted molar refractivity (Wildman–Crippen MR) is 124 cm³/mol. The van der Waals surface area contributed by atoms with Gasteiger partial charge in [-0.1, -0.05) is 91.2 Å². The van der Waals surface area contributed by atoms with Gasteiger partial charge in [0.1, 0.15) is 0 Å². The number of sulfonamides is 1. The molecule has 31 heavy (non-hydrogen) atoms. The van der Waals surface area contributed by atoms with Crippen molar-refractivity contribution < 1.29 is 11.2 Å². The van der Waals surface area contributed by atoms with Gasteiger partial charge in [0.2, 0.25) is 10.0 Å². The Kier molecular flexibility index (Phi) is 4.64. The van der Waals surface area contributed by atoms with Crippen molar-refractivity contribution in [2.24, 2.45) is 5.89 Å². The number of hydrogen-bond donors (Lipinski definition) is 0. The maximum absolute atomic E-state index is 14.0. The Morgan fingerprint density at radius 2 is 1.48 bits per heavy atom.